The summed E-state index contributed by atoms with van der Waals surface area (Å²) in [6.45, 7) is 5.06. The summed E-state index contributed by atoms with van der Waals surface area (Å²) in [5.41, 5.74) is 0.406. The molecule has 3 nitrogen and oxygen atoms in total. The largest absolute Gasteiger partial charge is 0.394 e. The third kappa shape index (κ3) is 3.73. The Hall–Kier alpha value is -0.830. The Kier molecular flexibility index (Phi) is 3.71. The summed E-state index contributed by atoms with van der Waals surface area (Å²) < 4.78 is 0. The van der Waals surface area contributed by atoms with Gasteiger partial charge in [0.25, 0.3) is 5.91 Å². The molecule has 0 rings (SSSR count). The second-order valence-electron chi connectivity index (χ2n) is 1.69. The van der Waals surface area contributed by atoms with Crippen molar-refractivity contribution in [3.05, 3.63) is 12.2 Å². The summed E-state index contributed by atoms with van der Waals surface area (Å²) in [6, 6.07) is 0. The van der Waals surface area contributed by atoms with E-state index < -0.39 is 0 Å². The molecule has 0 saturated carbocycles. The minimum atomic E-state index is -0.330. The predicted molar refractivity (Wildman–Crippen MR) is 33.9 cm³/mol. The Morgan fingerprint density at radius 3 is 2.67 bits per heavy atom. The molecule has 1 radical (unpaired) electrons. The maximum atomic E-state index is 10.5. The van der Waals surface area contributed by atoms with E-state index in [1.54, 1.807) is 6.92 Å². The molecule has 0 atom stereocenters. The maximum Gasteiger partial charge on any atom is 0.267 e. The Labute approximate surface area is 54.4 Å². The van der Waals surface area contributed by atoms with Crippen LogP contribution in [0.2, 0.25) is 0 Å². The molecule has 1 N–H and O–H groups in total. The lowest BCUT2D eigenvalue weighted by atomic mass is 10.3. The molecule has 0 heterocycles. The highest BCUT2D eigenvalue weighted by Gasteiger charge is 1.99. The van der Waals surface area contributed by atoms with Crippen LogP contribution >= 0.6 is 0 Å². The summed E-state index contributed by atoms with van der Waals surface area (Å²) in [7, 11) is 0. The van der Waals surface area contributed by atoms with Crippen molar-refractivity contribution in [3.63, 3.8) is 0 Å². The highest BCUT2D eigenvalue weighted by atomic mass is 16.3. The molecular formula is C6H10NO2. The van der Waals surface area contributed by atoms with Gasteiger partial charge in [-0.25, -0.2) is 5.32 Å². The van der Waals surface area contributed by atoms with Gasteiger partial charge in [-0.2, -0.15) is 0 Å². The number of hydrogen-bond acceptors (Lipinski definition) is 2. The second-order valence-corrected chi connectivity index (χ2v) is 1.69. The van der Waals surface area contributed by atoms with Gasteiger partial charge in [0.05, 0.1) is 13.2 Å². The topological polar surface area (TPSA) is 51.4 Å². The lowest BCUT2D eigenvalue weighted by Crippen LogP contribution is -2.18. The van der Waals surface area contributed by atoms with Crippen LogP contribution in [0.25, 0.3) is 0 Å². The smallest absolute Gasteiger partial charge is 0.267 e. The van der Waals surface area contributed by atoms with Gasteiger partial charge in [-0.15, -0.1) is 0 Å². The zero-order valence-electron chi connectivity index (χ0n) is 5.42. The zero-order valence-corrected chi connectivity index (χ0v) is 5.42. The van der Waals surface area contributed by atoms with Gasteiger partial charge in [-0.1, -0.05) is 6.58 Å². The van der Waals surface area contributed by atoms with E-state index in [1.165, 1.54) is 0 Å². The van der Waals surface area contributed by atoms with Crippen LogP contribution in [0.3, 0.4) is 0 Å². The van der Waals surface area contributed by atoms with Crippen molar-refractivity contribution in [1.29, 1.82) is 0 Å². The van der Waals surface area contributed by atoms with Crippen LogP contribution in [0.4, 0.5) is 0 Å². The highest BCUT2D eigenvalue weighted by molar-refractivity contribution is 5.91. The molecule has 0 aliphatic carbocycles. The van der Waals surface area contributed by atoms with Crippen molar-refractivity contribution in [1.82, 2.24) is 5.32 Å². The fraction of sp³-hybridized carbons (Fsp3) is 0.500. The molecule has 0 saturated heterocycles. The Balaban J connectivity index is 3.39. The van der Waals surface area contributed by atoms with E-state index in [0.29, 0.717) is 5.57 Å². The molecule has 0 aromatic rings. The number of carbonyl (C=O) groups excluding carboxylic acids is 1. The van der Waals surface area contributed by atoms with Gasteiger partial charge in [0.15, 0.2) is 0 Å². The van der Waals surface area contributed by atoms with E-state index in [1.807, 2.05) is 0 Å². The average molecular weight is 128 g/mol. The molecular weight excluding hydrogens is 118 g/mol. The SMILES string of the molecule is C=C(C)C(=O)[N]CCO. The van der Waals surface area contributed by atoms with E-state index in [2.05, 4.69) is 11.9 Å². The van der Waals surface area contributed by atoms with Crippen LogP contribution < -0.4 is 5.32 Å². The van der Waals surface area contributed by atoms with Crippen molar-refractivity contribution < 1.29 is 9.90 Å². The Morgan fingerprint density at radius 2 is 2.33 bits per heavy atom. The minimum Gasteiger partial charge on any atom is -0.394 e. The highest BCUT2D eigenvalue weighted by Crippen LogP contribution is 1.85. The van der Waals surface area contributed by atoms with Crippen LogP contribution in [-0.4, -0.2) is 24.2 Å². The molecule has 51 valence electrons. The van der Waals surface area contributed by atoms with Gasteiger partial charge in [0.2, 0.25) is 0 Å². The first-order valence-electron chi connectivity index (χ1n) is 2.66. The van der Waals surface area contributed by atoms with Gasteiger partial charge >= 0.3 is 0 Å². The summed E-state index contributed by atoms with van der Waals surface area (Å²) in [6.07, 6.45) is 0. The molecule has 0 fully saturated rings. The maximum absolute atomic E-state index is 10.5. The number of nitrogens with zero attached hydrogens (tertiary/aromatic N) is 1. The molecule has 9 heavy (non-hydrogen) atoms. The summed E-state index contributed by atoms with van der Waals surface area (Å²) in [5, 5.41) is 11.7. The van der Waals surface area contributed by atoms with E-state index in [-0.39, 0.29) is 19.1 Å². The van der Waals surface area contributed by atoms with Crippen molar-refractivity contribution in [3.8, 4) is 0 Å². The summed E-state index contributed by atoms with van der Waals surface area (Å²) in [4.78, 5) is 10.5. The lowest BCUT2D eigenvalue weighted by molar-refractivity contribution is -0.117. The summed E-state index contributed by atoms with van der Waals surface area (Å²) in [5.74, 6) is -0.330. The van der Waals surface area contributed by atoms with Gasteiger partial charge in [0.1, 0.15) is 0 Å². The molecule has 0 aliphatic heterocycles. The average Bonchev–Trinajstić information content (AvgIpc) is 1.82. The molecule has 0 aliphatic rings. The van der Waals surface area contributed by atoms with E-state index >= 15 is 0 Å². The molecule has 0 spiro atoms. The van der Waals surface area contributed by atoms with Gasteiger partial charge < -0.3 is 5.11 Å². The molecule has 1 amide bonds. The van der Waals surface area contributed by atoms with E-state index in [9.17, 15) is 4.79 Å². The lowest BCUT2D eigenvalue weighted by Gasteiger charge is -1.95. The van der Waals surface area contributed by atoms with E-state index in [0.717, 1.165) is 0 Å². The van der Waals surface area contributed by atoms with Crippen LogP contribution in [0, 0.1) is 0 Å². The monoisotopic (exact) mass is 128 g/mol. The number of hydrogen-bond donors (Lipinski definition) is 1. The first-order chi connectivity index (χ1) is 4.18. The molecule has 0 unspecified atom stereocenters. The number of amides is 1. The van der Waals surface area contributed by atoms with Gasteiger partial charge in [-0.3, -0.25) is 4.79 Å². The number of carbonyl (C=O) groups is 1. The fourth-order valence-electron chi connectivity index (χ4n) is 0.287. The van der Waals surface area contributed by atoms with E-state index in [4.69, 9.17) is 5.11 Å². The molecule has 3 heteroatoms. The quantitative estimate of drug-likeness (QED) is 0.530. The van der Waals surface area contributed by atoms with Crippen LogP contribution in [0.15, 0.2) is 12.2 Å². The van der Waals surface area contributed by atoms with Crippen molar-refractivity contribution in [2.45, 2.75) is 6.92 Å². The fourth-order valence-corrected chi connectivity index (χ4v) is 0.287. The number of rotatable bonds is 3. The van der Waals surface area contributed by atoms with Crippen molar-refractivity contribution in [2.24, 2.45) is 0 Å². The van der Waals surface area contributed by atoms with Crippen LogP contribution in [0.1, 0.15) is 6.92 Å². The van der Waals surface area contributed by atoms with Gasteiger partial charge in [-0.05, 0) is 6.92 Å². The third-order valence-electron chi connectivity index (χ3n) is 0.721. The van der Waals surface area contributed by atoms with Crippen molar-refractivity contribution >= 4 is 5.91 Å². The Morgan fingerprint density at radius 1 is 1.78 bits per heavy atom. The molecule has 0 aromatic carbocycles. The zero-order chi connectivity index (χ0) is 7.28. The van der Waals surface area contributed by atoms with Crippen molar-refractivity contribution in [2.75, 3.05) is 13.2 Å². The molecule has 0 aromatic heterocycles. The second kappa shape index (κ2) is 4.09. The Bertz CT molecular complexity index is 120. The first-order valence-corrected chi connectivity index (χ1v) is 2.66. The summed E-state index contributed by atoms with van der Waals surface area (Å²) >= 11 is 0. The normalized spacial score (nSPS) is 8.67. The predicted octanol–water partition coefficient (Wildman–Crippen LogP) is -0.314. The number of aliphatic hydroxyl groups excluding tert-OH is 1. The first kappa shape index (κ1) is 8.17. The molecule has 0 bridgehead atoms. The minimum absolute atomic E-state index is 0.0843. The number of aliphatic hydroxyl groups is 1. The third-order valence-corrected chi connectivity index (χ3v) is 0.721. The van der Waals surface area contributed by atoms with Crippen LogP contribution in [0.5, 0.6) is 0 Å². The van der Waals surface area contributed by atoms with Gasteiger partial charge in [0, 0.05) is 5.57 Å². The standard InChI is InChI=1S/C6H10NO2/c1-5(2)6(9)7-3-4-8/h8H,1,3-4H2,2H3. The van der Waals surface area contributed by atoms with Crippen LogP contribution in [-0.2, 0) is 4.79 Å².